The molecule has 1 aromatic carbocycles. The number of nitrogens with zero attached hydrogens (tertiary/aromatic N) is 5. The summed E-state index contributed by atoms with van der Waals surface area (Å²) in [4.78, 5) is 20.8. The maximum atomic E-state index is 12.3. The van der Waals surface area contributed by atoms with Crippen molar-refractivity contribution in [2.75, 3.05) is 11.1 Å². The Kier molecular flexibility index (Phi) is 5.39. The molecule has 10 heteroatoms. The quantitative estimate of drug-likeness (QED) is 0.623. The van der Waals surface area contributed by atoms with Crippen LogP contribution in [0.25, 0.3) is 5.95 Å². The maximum absolute atomic E-state index is 12.3. The second-order valence-electron chi connectivity index (χ2n) is 7.04. The first-order valence-electron chi connectivity index (χ1n) is 8.55. The molecule has 3 aromatic rings. The second-order valence-corrected chi connectivity index (χ2v) is 7.48. The molecule has 9 nitrogen and oxygen atoms in total. The third-order valence-electron chi connectivity index (χ3n) is 3.56. The number of anilines is 3. The van der Waals surface area contributed by atoms with Crippen molar-refractivity contribution >= 4 is 34.9 Å². The van der Waals surface area contributed by atoms with Gasteiger partial charge in [0.15, 0.2) is 0 Å². The summed E-state index contributed by atoms with van der Waals surface area (Å²) in [5.74, 6) is -0.223. The number of esters is 1. The first-order valence-corrected chi connectivity index (χ1v) is 8.93. The summed E-state index contributed by atoms with van der Waals surface area (Å²) in [5.41, 5.74) is 6.28. The summed E-state index contributed by atoms with van der Waals surface area (Å²) in [6.45, 7) is 5.25. The van der Waals surface area contributed by atoms with Crippen molar-refractivity contribution in [2.45, 2.75) is 26.4 Å². The van der Waals surface area contributed by atoms with E-state index in [1.807, 2.05) is 6.07 Å². The van der Waals surface area contributed by atoms with Gasteiger partial charge in [0.1, 0.15) is 34.6 Å². The first-order chi connectivity index (χ1) is 13.7. The third kappa shape index (κ3) is 4.80. The molecule has 148 valence electrons. The van der Waals surface area contributed by atoms with E-state index < -0.39 is 11.6 Å². The van der Waals surface area contributed by atoms with E-state index in [-0.39, 0.29) is 23.0 Å². The third-order valence-corrected chi connectivity index (χ3v) is 3.81. The zero-order valence-electron chi connectivity index (χ0n) is 16.0. The normalized spacial score (nSPS) is 11.0. The zero-order valence-corrected chi connectivity index (χ0v) is 16.7. The number of ether oxygens (including phenoxy) is 1. The van der Waals surface area contributed by atoms with Crippen molar-refractivity contribution in [2.24, 2.45) is 0 Å². The van der Waals surface area contributed by atoms with Crippen LogP contribution in [0.2, 0.25) is 5.02 Å². The molecule has 0 spiro atoms. The highest BCUT2D eigenvalue weighted by Gasteiger charge is 2.24. The molecule has 0 bridgehead atoms. The molecule has 0 amide bonds. The molecule has 0 aliphatic heterocycles. The van der Waals surface area contributed by atoms with Crippen LogP contribution < -0.4 is 11.1 Å². The highest BCUT2D eigenvalue weighted by atomic mass is 35.5. The topological polar surface area (TPSA) is 132 Å². The fourth-order valence-electron chi connectivity index (χ4n) is 2.34. The van der Waals surface area contributed by atoms with Crippen molar-refractivity contribution in [1.82, 2.24) is 19.7 Å². The van der Waals surface area contributed by atoms with Crippen molar-refractivity contribution in [3.8, 4) is 12.0 Å². The molecule has 0 fully saturated rings. The lowest BCUT2D eigenvalue weighted by atomic mass is 10.2. The summed E-state index contributed by atoms with van der Waals surface area (Å²) >= 11 is 5.89. The lowest BCUT2D eigenvalue weighted by Crippen LogP contribution is -2.24. The Labute approximate surface area is 172 Å². The Hall–Kier alpha value is -3.64. The first kappa shape index (κ1) is 20.1. The van der Waals surface area contributed by atoms with Gasteiger partial charge >= 0.3 is 5.97 Å². The molecule has 29 heavy (non-hydrogen) atoms. The van der Waals surface area contributed by atoms with Gasteiger partial charge in [-0.25, -0.2) is 4.79 Å². The van der Waals surface area contributed by atoms with E-state index in [9.17, 15) is 10.1 Å². The average Bonchev–Trinajstić information content (AvgIpc) is 3.03. The number of nitrogens with two attached hydrogens (primary N) is 1. The van der Waals surface area contributed by atoms with Crippen LogP contribution in [0, 0.1) is 11.3 Å². The van der Waals surface area contributed by atoms with Crippen molar-refractivity contribution in [3.63, 3.8) is 0 Å². The smallest absolute Gasteiger partial charge is 0.344 e. The SMILES string of the molecule is CC(C)(C)OC(=O)c1cnn(-c2nc(C#N)cc(Nc3ccc(Cl)cc3)n2)c1N. The number of hydrogen-bond acceptors (Lipinski definition) is 8. The summed E-state index contributed by atoms with van der Waals surface area (Å²) in [7, 11) is 0. The van der Waals surface area contributed by atoms with E-state index in [2.05, 4.69) is 20.4 Å². The predicted molar refractivity (Wildman–Crippen MR) is 108 cm³/mol. The Morgan fingerprint density at radius 1 is 1.28 bits per heavy atom. The standard InChI is InChI=1S/C19H18ClN7O2/c1-19(2,3)29-17(28)14-10-23-27(16(14)22)18-25-13(9-21)8-15(26-18)24-12-6-4-11(20)5-7-12/h4-8,10H,22H2,1-3H3,(H,24,25,26). The number of benzene rings is 1. The van der Waals surface area contributed by atoms with Crippen LogP contribution in [0.1, 0.15) is 36.8 Å². The van der Waals surface area contributed by atoms with Crippen LogP contribution in [0.4, 0.5) is 17.3 Å². The van der Waals surface area contributed by atoms with Crippen molar-refractivity contribution in [1.29, 1.82) is 5.26 Å². The molecule has 0 radical (unpaired) electrons. The van der Waals surface area contributed by atoms with Crippen LogP contribution in [0.15, 0.2) is 36.5 Å². The van der Waals surface area contributed by atoms with Gasteiger partial charge in [-0.3, -0.25) is 0 Å². The second kappa shape index (κ2) is 7.77. The van der Waals surface area contributed by atoms with Gasteiger partial charge in [0.05, 0.1) is 6.20 Å². The fraction of sp³-hybridized carbons (Fsp3) is 0.211. The van der Waals surface area contributed by atoms with E-state index in [1.54, 1.807) is 45.0 Å². The number of carbonyl (C=O) groups excluding carboxylic acids is 1. The minimum Gasteiger partial charge on any atom is -0.456 e. The number of nitrogens with one attached hydrogen (secondary N) is 1. The molecule has 2 aromatic heterocycles. The Morgan fingerprint density at radius 2 is 1.97 bits per heavy atom. The molecule has 0 saturated heterocycles. The Balaban J connectivity index is 1.96. The summed E-state index contributed by atoms with van der Waals surface area (Å²) in [5, 5.41) is 17.0. The largest absolute Gasteiger partial charge is 0.456 e. The molecular weight excluding hydrogens is 394 g/mol. The van der Waals surface area contributed by atoms with Crippen LogP contribution in [0.3, 0.4) is 0 Å². The number of carbonyl (C=O) groups is 1. The minimum atomic E-state index is -0.682. The van der Waals surface area contributed by atoms with E-state index in [1.165, 1.54) is 16.9 Å². The van der Waals surface area contributed by atoms with Crippen LogP contribution in [-0.4, -0.2) is 31.3 Å². The minimum absolute atomic E-state index is 0.00628. The number of hydrogen-bond donors (Lipinski definition) is 2. The van der Waals surface area contributed by atoms with E-state index in [0.717, 1.165) is 0 Å². The van der Waals surface area contributed by atoms with Gasteiger partial charge < -0.3 is 15.8 Å². The van der Waals surface area contributed by atoms with Gasteiger partial charge in [0.25, 0.3) is 5.95 Å². The average molecular weight is 412 g/mol. The lowest BCUT2D eigenvalue weighted by Gasteiger charge is -2.19. The molecule has 0 aliphatic rings. The highest BCUT2D eigenvalue weighted by Crippen LogP contribution is 2.22. The van der Waals surface area contributed by atoms with Crippen molar-refractivity contribution < 1.29 is 9.53 Å². The molecule has 0 unspecified atom stereocenters. The maximum Gasteiger partial charge on any atom is 0.344 e. The van der Waals surface area contributed by atoms with Crippen LogP contribution in [-0.2, 0) is 4.74 Å². The highest BCUT2D eigenvalue weighted by molar-refractivity contribution is 6.30. The van der Waals surface area contributed by atoms with Gasteiger partial charge in [-0.2, -0.15) is 25.0 Å². The number of halogens is 1. The summed E-state index contributed by atoms with van der Waals surface area (Å²) < 4.78 is 6.50. The van der Waals surface area contributed by atoms with Gasteiger partial charge in [-0.15, -0.1) is 0 Å². The molecular formula is C19H18ClN7O2. The van der Waals surface area contributed by atoms with E-state index in [4.69, 9.17) is 22.1 Å². The Morgan fingerprint density at radius 3 is 2.59 bits per heavy atom. The van der Waals surface area contributed by atoms with Gasteiger partial charge in [-0.1, -0.05) is 11.6 Å². The molecule has 0 atom stereocenters. The van der Waals surface area contributed by atoms with Gasteiger partial charge in [0, 0.05) is 16.8 Å². The molecule has 0 saturated carbocycles. The molecule has 0 aliphatic carbocycles. The fourth-order valence-corrected chi connectivity index (χ4v) is 2.47. The van der Waals surface area contributed by atoms with Gasteiger partial charge in [-0.05, 0) is 45.0 Å². The lowest BCUT2D eigenvalue weighted by molar-refractivity contribution is 0.00708. The van der Waals surface area contributed by atoms with Crippen LogP contribution in [0.5, 0.6) is 0 Å². The molecule has 3 rings (SSSR count). The van der Waals surface area contributed by atoms with E-state index >= 15 is 0 Å². The van der Waals surface area contributed by atoms with Crippen LogP contribution >= 0.6 is 11.6 Å². The van der Waals surface area contributed by atoms with Crippen molar-refractivity contribution in [3.05, 3.63) is 52.8 Å². The summed E-state index contributed by atoms with van der Waals surface area (Å²) in [6.07, 6.45) is 1.28. The van der Waals surface area contributed by atoms with E-state index in [0.29, 0.717) is 16.5 Å². The number of rotatable bonds is 4. The predicted octanol–water partition coefficient (Wildman–Crippen LogP) is 3.47. The summed E-state index contributed by atoms with van der Waals surface area (Å²) in [6, 6.07) is 10.4. The molecule has 3 N–H and O–H groups in total. The monoisotopic (exact) mass is 411 g/mol. The Bertz CT molecular complexity index is 1100. The molecule has 2 heterocycles. The van der Waals surface area contributed by atoms with Gasteiger partial charge in [0.2, 0.25) is 0 Å². The number of aromatic nitrogens is 4. The number of nitriles is 1. The zero-order chi connectivity index (χ0) is 21.2. The number of nitrogen functional groups attached to an aromatic ring is 1.